The lowest BCUT2D eigenvalue weighted by Gasteiger charge is -2.10. The summed E-state index contributed by atoms with van der Waals surface area (Å²) in [5, 5.41) is 12.2. The number of hydrogen-bond acceptors (Lipinski definition) is 6. The lowest BCUT2D eigenvalue weighted by molar-refractivity contribution is -0.112. The fraction of sp³-hybridized carbons (Fsp3) is 0.238. The van der Waals surface area contributed by atoms with Crippen molar-refractivity contribution in [1.29, 1.82) is 5.26 Å². The van der Waals surface area contributed by atoms with E-state index in [2.05, 4.69) is 5.32 Å². The Bertz CT molecular complexity index is 946. The Morgan fingerprint density at radius 3 is 2.64 bits per heavy atom. The SMILES string of the molecule is CCOc1cccc(NC(=O)/C(C#N)=C/c2cc3c(cc2OCC)OCO3)c1. The van der Waals surface area contributed by atoms with Gasteiger partial charge in [-0.15, -0.1) is 0 Å². The number of nitriles is 1. The van der Waals surface area contributed by atoms with Crippen LogP contribution in [0.3, 0.4) is 0 Å². The molecule has 0 aliphatic carbocycles. The standard InChI is InChI=1S/C21H20N2O5/c1-3-25-17-7-5-6-16(10-17)23-21(24)15(12-22)8-14-9-19-20(28-13-27-19)11-18(14)26-4-2/h5-11H,3-4,13H2,1-2H3,(H,23,24)/b15-8+. The third kappa shape index (κ3) is 4.35. The van der Waals surface area contributed by atoms with E-state index in [1.807, 2.05) is 19.9 Å². The van der Waals surface area contributed by atoms with Crippen molar-refractivity contribution in [2.24, 2.45) is 0 Å². The molecule has 1 aliphatic rings. The van der Waals surface area contributed by atoms with Gasteiger partial charge in [-0.3, -0.25) is 4.79 Å². The monoisotopic (exact) mass is 380 g/mol. The van der Waals surface area contributed by atoms with E-state index in [0.717, 1.165) is 0 Å². The first kappa shape index (κ1) is 19.1. The molecule has 28 heavy (non-hydrogen) atoms. The maximum atomic E-state index is 12.6. The van der Waals surface area contributed by atoms with Crippen molar-refractivity contribution in [3.8, 4) is 29.1 Å². The number of rotatable bonds is 7. The highest BCUT2D eigenvalue weighted by molar-refractivity contribution is 6.10. The number of carbonyl (C=O) groups excluding carboxylic acids is 1. The van der Waals surface area contributed by atoms with E-state index in [1.165, 1.54) is 6.08 Å². The minimum atomic E-state index is -0.531. The summed E-state index contributed by atoms with van der Waals surface area (Å²) in [7, 11) is 0. The molecule has 3 rings (SSSR count). The van der Waals surface area contributed by atoms with Crippen LogP contribution in [0.5, 0.6) is 23.0 Å². The molecule has 0 radical (unpaired) electrons. The molecular weight excluding hydrogens is 360 g/mol. The molecule has 0 aromatic heterocycles. The largest absolute Gasteiger partial charge is 0.494 e. The lowest BCUT2D eigenvalue weighted by Crippen LogP contribution is -2.13. The maximum absolute atomic E-state index is 12.6. The second-order valence-corrected chi connectivity index (χ2v) is 5.76. The Morgan fingerprint density at radius 1 is 1.18 bits per heavy atom. The molecule has 0 unspecified atom stereocenters. The topological polar surface area (TPSA) is 89.8 Å². The van der Waals surface area contributed by atoms with Crippen molar-refractivity contribution in [2.75, 3.05) is 25.3 Å². The Morgan fingerprint density at radius 2 is 1.93 bits per heavy atom. The highest BCUT2D eigenvalue weighted by Crippen LogP contribution is 2.39. The zero-order chi connectivity index (χ0) is 19.9. The predicted molar refractivity (Wildman–Crippen MR) is 104 cm³/mol. The molecule has 1 amide bonds. The van der Waals surface area contributed by atoms with Gasteiger partial charge in [0, 0.05) is 23.4 Å². The zero-order valence-electron chi connectivity index (χ0n) is 15.7. The third-order valence-electron chi connectivity index (χ3n) is 3.87. The van der Waals surface area contributed by atoms with Crippen molar-refractivity contribution in [3.05, 3.63) is 47.5 Å². The highest BCUT2D eigenvalue weighted by atomic mass is 16.7. The number of carbonyl (C=O) groups is 1. The van der Waals surface area contributed by atoms with Gasteiger partial charge in [-0.2, -0.15) is 5.26 Å². The smallest absolute Gasteiger partial charge is 0.266 e. The van der Waals surface area contributed by atoms with Crippen LogP contribution in [0.1, 0.15) is 19.4 Å². The van der Waals surface area contributed by atoms with Gasteiger partial charge in [0.2, 0.25) is 6.79 Å². The first-order valence-corrected chi connectivity index (χ1v) is 8.87. The molecule has 0 saturated heterocycles. The van der Waals surface area contributed by atoms with Crippen LogP contribution >= 0.6 is 0 Å². The number of fused-ring (bicyclic) bond motifs is 1. The first-order valence-electron chi connectivity index (χ1n) is 8.87. The molecule has 1 N–H and O–H groups in total. The summed E-state index contributed by atoms with van der Waals surface area (Å²) in [5.41, 5.74) is 1.02. The summed E-state index contributed by atoms with van der Waals surface area (Å²) < 4.78 is 21.8. The molecule has 7 heteroatoms. The minimum Gasteiger partial charge on any atom is -0.494 e. The lowest BCUT2D eigenvalue weighted by atomic mass is 10.1. The maximum Gasteiger partial charge on any atom is 0.266 e. The summed E-state index contributed by atoms with van der Waals surface area (Å²) >= 11 is 0. The fourth-order valence-electron chi connectivity index (χ4n) is 2.67. The van der Waals surface area contributed by atoms with Crippen molar-refractivity contribution in [1.82, 2.24) is 0 Å². The summed E-state index contributed by atoms with van der Waals surface area (Å²) in [6, 6.07) is 12.3. The van der Waals surface area contributed by atoms with Crippen LogP contribution in [-0.4, -0.2) is 25.9 Å². The zero-order valence-corrected chi connectivity index (χ0v) is 15.7. The third-order valence-corrected chi connectivity index (χ3v) is 3.87. The van der Waals surface area contributed by atoms with Gasteiger partial charge in [0.25, 0.3) is 5.91 Å². The number of nitrogens with one attached hydrogen (secondary N) is 1. The van der Waals surface area contributed by atoms with Gasteiger partial charge in [-0.25, -0.2) is 0 Å². The Kier molecular flexibility index (Phi) is 6.02. The summed E-state index contributed by atoms with van der Waals surface area (Å²) in [6.07, 6.45) is 1.47. The van der Waals surface area contributed by atoms with Gasteiger partial charge in [-0.1, -0.05) is 6.07 Å². The predicted octanol–water partition coefficient (Wildman–Crippen LogP) is 3.76. The van der Waals surface area contributed by atoms with E-state index in [9.17, 15) is 10.1 Å². The number of anilines is 1. The molecule has 0 bridgehead atoms. The van der Waals surface area contributed by atoms with E-state index in [-0.39, 0.29) is 12.4 Å². The molecule has 2 aromatic carbocycles. The average Bonchev–Trinajstić information content (AvgIpc) is 3.14. The van der Waals surface area contributed by atoms with Gasteiger partial charge < -0.3 is 24.3 Å². The number of hydrogen-bond donors (Lipinski definition) is 1. The highest BCUT2D eigenvalue weighted by Gasteiger charge is 2.19. The van der Waals surface area contributed by atoms with Crippen molar-refractivity contribution >= 4 is 17.7 Å². The second kappa shape index (κ2) is 8.82. The molecule has 1 heterocycles. The Hall–Kier alpha value is -3.66. The van der Waals surface area contributed by atoms with Crippen LogP contribution < -0.4 is 24.3 Å². The average molecular weight is 380 g/mol. The van der Waals surface area contributed by atoms with Crippen LogP contribution in [0.2, 0.25) is 0 Å². The molecular formula is C21H20N2O5. The van der Waals surface area contributed by atoms with E-state index >= 15 is 0 Å². The first-order chi connectivity index (χ1) is 13.6. The van der Waals surface area contributed by atoms with Gasteiger partial charge in [0.1, 0.15) is 23.1 Å². The summed E-state index contributed by atoms with van der Waals surface area (Å²) in [6.45, 7) is 4.80. The van der Waals surface area contributed by atoms with Gasteiger partial charge in [0.05, 0.1) is 13.2 Å². The molecule has 0 fully saturated rings. The van der Waals surface area contributed by atoms with Crippen LogP contribution in [0.15, 0.2) is 42.0 Å². The van der Waals surface area contributed by atoms with E-state index in [4.69, 9.17) is 18.9 Å². The molecule has 1 aliphatic heterocycles. The van der Waals surface area contributed by atoms with Crippen LogP contribution in [-0.2, 0) is 4.79 Å². The minimum absolute atomic E-state index is 0.0679. The Balaban J connectivity index is 1.86. The quantitative estimate of drug-likeness (QED) is 0.581. The van der Waals surface area contributed by atoms with Crippen LogP contribution in [0.4, 0.5) is 5.69 Å². The summed E-state index contributed by atoms with van der Waals surface area (Å²) in [4.78, 5) is 12.6. The molecule has 7 nitrogen and oxygen atoms in total. The van der Waals surface area contributed by atoms with Gasteiger partial charge in [-0.05, 0) is 38.1 Å². The fourth-order valence-corrected chi connectivity index (χ4v) is 2.67. The van der Waals surface area contributed by atoms with E-state index in [1.54, 1.807) is 36.4 Å². The van der Waals surface area contributed by atoms with Crippen molar-refractivity contribution in [2.45, 2.75) is 13.8 Å². The summed E-state index contributed by atoms with van der Waals surface area (Å²) in [5.74, 6) is 1.72. The molecule has 144 valence electrons. The normalized spacial score (nSPS) is 12.2. The van der Waals surface area contributed by atoms with Crippen molar-refractivity contribution in [3.63, 3.8) is 0 Å². The number of amides is 1. The van der Waals surface area contributed by atoms with Gasteiger partial charge in [0.15, 0.2) is 11.5 Å². The van der Waals surface area contributed by atoms with E-state index < -0.39 is 5.91 Å². The molecule has 2 aromatic rings. The number of benzene rings is 2. The van der Waals surface area contributed by atoms with Gasteiger partial charge >= 0.3 is 0 Å². The van der Waals surface area contributed by atoms with Crippen LogP contribution in [0.25, 0.3) is 6.08 Å². The molecule has 0 saturated carbocycles. The molecule has 0 atom stereocenters. The number of ether oxygens (including phenoxy) is 4. The second-order valence-electron chi connectivity index (χ2n) is 5.76. The van der Waals surface area contributed by atoms with Crippen molar-refractivity contribution < 1.29 is 23.7 Å². The van der Waals surface area contributed by atoms with Crippen LogP contribution in [0, 0.1) is 11.3 Å². The van der Waals surface area contributed by atoms with E-state index in [0.29, 0.717) is 47.5 Å². The molecule has 0 spiro atoms. The Labute approximate surface area is 163 Å². The number of nitrogens with zero attached hydrogens (tertiary/aromatic N) is 1.